The van der Waals surface area contributed by atoms with Crippen LogP contribution in [-0.4, -0.2) is 21.4 Å². The molecule has 0 aliphatic rings. The van der Waals surface area contributed by atoms with Gasteiger partial charge in [-0.2, -0.15) is 9.78 Å². The van der Waals surface area contributed by atoms with Gasteiger partial charge in [0.15, 0.2) is 5.82 Å². The van der Waals surface area contributed by atoms with Gasteiger partial charge in [0.05, 0.1) is 0 Å². The van der Waals surface area contributed by atoms with Crippen molar-refractivity contribution in [3.63, 3.8) is 0 Å². The van der Waals surface area contributed by atoms with Crippen molar-refractivity contribution >= 4 is 0 Å². The van der Waals surface area contributed by atoms with Crippen LogP contribution in [-0.2, 0) is 6.54 Å². The molecule has 0 aliphatic carbocycles. The molecule has 2 rings (SSSR count). The number of aromatic nitrogens is 2. The molecule has 0 saturated carbocycles. The quantitative estimate of drug-likeness (QED) is 0.886. The highest BCUT2D eigenvalue weighted by Crippen LogP contribution is 2.15. The summed E-state index contributed by atoms with van der Waals surface area (Å²) >= 11 is 0. The van der Waals surface area contributed by atoms with Gasteiger partial charge in [0.25, 0.3) is 5.56 Å². The van der Waals surface area contributed by atoms with Crippen LogP contribution < -0.4 is 10.9 Å². The van der Waals surface area contributed by atoms with E-state index in [0.717, 1.165) is 22.9 Å². The normalized spacial score (nSPS) is 11.1. The topological polar surface area (TPSA) is 67.2 Å². The molecule has 0 radical (unpaired) electrons. The van der Waals surface area contributed by atoms with E-state index in [2.05, 4.69) is 10.4 Å². The Morgan fingerprint density at radius 2 is 2.05 bits per heavy atom. The molecule has 1 aromatic heterocycles. The van der Waals surface area contributed by atoms with Crippen LogP contribution in [0.1, 0.15) is 19.5 Å². The Balaban J connectivity index is 2.37. The smallest absolute Gasteiger partial charge is 0.275 e. The Labute approximate surface area is 126 Å². The standard InChI is InChI=1S/C15H17F2N3O2/c1-9(2)7-18-8-12-14(21)6-15(22)20(19-12)13-4-3-10(16)5-11(13)17/h3-6,9,18,21H,7-8H2,1-2H3. The van der Waals surface area contributed by atoms with E-state index in [0.29, 0.717) is 18.5 Å². The molecule has 1 heterocycles. The summed E-state index contributed by atoms with van der Waals surface area (Å²) in [6.07, 6.45) is 0. The van der Waals surface area contributed by atoms with Crippen molar-refractivity contribution in [1.29, 1.82) is 0 Å². The average molecular weight is 309 g/mol. The van der Waals surface area contributed by atoms with Gasteiger partial charge >= 0.3 is 0 Å². The van der Waals surface area contributed by atoms with Crippen LogP contribution >= 0.6 is 0 Å². The number of hydrogen-bond donors (Lipinski definition) is 2. The van der Waals surface area contributed by atoms with E-state index in [9.17, 15) is 18.7 Å². The van der Waals surface area contributed by atoms with Crippen LogP contribution in [0.3, 0.4) is 0 Å². The van der Waals surface area contributed by atoms with E-state index < -0.39 is 17.2 Å². The lowest BCUT2D eigenvalue weighted by atomic mass is 10.2. The fourth-order valence-electron chi connectivity index (χ4n) is 1.91. The number of halogens is 2. The lowest BCUT2D eigenvalue weighted by Crippen LogP contribution is -2.26. The lowest BCUT2D eigenvalue weighted by molar-refractivity contribution is 0.446. The van der Waals surface area contributed by atoms with Gasteiger partial charge in [0, 0.05) is 18.7 Å². The summed E-state index contributed by atoms with van der Waals surface area (Å²) < 4.78 is 27.5. The largest absolute Gasteiger partial charge is 0.506 e. The van der Waals surface area contributed by atoms with Gasteiger partial charge in [-0.15, -0.1) is 0 Å². The average Bonchev–Trinajstić information content (AvgIpc) is 2.42. The summed E-state index contributed by atoms with van der Waals surface area (Å²) in [6.45, 7) is 4.97. The number of benzene rings is 1. The zero-order valence-electron chi connectivity index (χ0n) is 12.3. The first-order valence-electron chi connectivity index (χ1n) is 6.87. The van der Waals surface area contributed by atoms with Crippen molar-refractivity contribution in [1.82, 2.24) is 15.1 Å². The molecule has 0 unspecified atom stereocenters. The summed E-state index contributed by atoms with van der Waals surface area (Å²) in [6, 6.07) is 3.80. The second-order valence-electron chi connectivity index (χ2n) is 5.35. The van der Waals surface area contributed by atoms with Crippen molar-refractivity contribution < 1.29 is 13.9 Å². The Hall–Kier alpha value is -2.28. The molecule has 0 spiro atoms. The van der Waals surface area contributed by atoms with Gasteiger partial charge in [-0.3, -0.25) is 4.79 Å². The lowest BCUT2D eigenvalue weighted by Gasteiger charge is -2.11. The Bertz CT molecular complexity index is 729. The maximum atomic E-state index is 13.8. The zero-order valence-corrected chi connectivity index (χ0v) is 12.3. The number of aromatic hydroxyl groups is 1. The molecule has 0 atom stereocenters. The zero-order chi connectivity index (χ0) is 16.3. The first-order valence-corrected chi connectivity index (χ1v) is 6.87. The molecule has 0 amide bonds. The van der Waals surface area contributed by atoms with Crippen molar-refractivity contribution in [2.45, 2.75) is 20.4 Å². The van der Waals surface area contributed by atoms with Crippen LogP contribution in [0.4, 0.5) is 8.78 Å². The fourth-order valence-corrected chi connectivity index (χ4v) is 1.91. The third kappa shape index (κ3) is 3.67. The third-order valence-electron chi connectivity index (χ3n) is 2.97. The molecule has 2 N–H and O–H groups in total. The number of hydrogen-bond acceptors (Lipinski definition) is 4. The molecule has 1 aromatic carbocycles. The highest BCUT2D eigenvalue weighted by molar-refractivity contribution is 5.34. The molecular formula is C15H17F2N3O2. The fraction of sp³-hybridized carbons (Fsp3) is 0.333. The minimum Gasteiger partial charge on any atom is -0.506 e. The number of nitrogens with one attached hydrogen (secondary N) is 1. The van der Waals surface area contributed by atoms with Crippen molar-refractivity contribution in [2.24, 2.45) is 5.92 Å². The maximum Gasteiger partial charge on any atom is 0.275 e. The summed E-state index contributed by atoms with van der Waals surface area (Å²) in [4.78, 5) is 11.9. The molecule has 7 heteroatoms. The summed E-state index contributed by atoms with van der Waals surface area (Å²) in [5, 5.41) is 16.8. The second kappa shape index (κ2) is 6.65. The minimum absolute atomic E-state index is 0.170. The van der Waals surface area contributed by atoms with E-state index in [4.69, 9.17) is 0 Å². The van der Waals surface area contributed by atoms with E-state index in [1.165, 1.54) is 0 Å². The first-order chi connectivity index (χ1) is 10.4. The number of nitrogens with zero attached hydrogens (tertiary/aromatic N) is 2. The van der Waals surface area contributed by atoms with Gasteiger partial charge < -0.3 is 10.4 Å². The highest BCUT2D eigenvalue weighted by Gasteiger charge is 2.13. The van der Waals surface area contributed by atoms with Crippen LogP contribution in [0.2, 0.25) is 0 Å². The molecular weight excluding hydrogens is 292 g/mol. The molecule has 2 aromatic rings. The summed E-state index contributed by atoms with van der Waals surface area (Å²) in [5.74, 6) is -1.50. The monoisotopic (exact) mass is 309 g/mol. The van der Waals surface area contributed by atoms with Crippen LogP contribution in [0, 0.1) is 17.6 Å². The third-order valence-corrected chi connectivity index (χ3v) is 2.97. The van der Waals surface area contributed by atoms with Gasteiger partial charge in [-0.1, -0.05) is 13.8 Å². The summed E-state index contributed by atoms with van der Waals surface area (Å²) in [5.41, 5.74) is -0.656. The maximum absolute atomic E-state index is 13.8. The van der Waals surface area contributed by atoms with Crippen LogP contribution in [0.15, 0.2) is 29.1 Å². The Morgan fingerprint density at radius 1 is 1.32 bits per heavy atom. The van der Waals surface area contributed by atoms with Crippen molar-refractivity contribution in [3.05, 3.63) is 51.9 Å². The van der Waals surface area contributed by atoms with Crippen molar-refractivity contribution in [2.75, 3.05) is 6.54 Å². The van der Waals surface area contributed by atoms with E-state index in [1.807, 2.05) is 13.8 Å². The number of rotatable bonds is 5. The van der Waals surface area contributed by atoms with Gasteiger partial charge in [-0.05, 0) is 24.6 Å². The van der Waals surface area contributed by atoms with Crippen LogP contribution in [0.5, 0.6) is 5.75 Å². The Morgan fingerprint density at radius 3 is 2.68 bits per heavy atom. The molecule has 0 fully saturated rings. The summed E-state index contributed by atoms with van der Waals surface area (Å²) in [7, 11) is 0. The van der Waals surface area contributed by atoms with Gasteiger partial charge in [-0.25, -0.2) is 8.78 Å². The molecule has 118 valence electrons. The van der Waals surface area contributed by atoms with E-state index in [-0.39, 0.29) is 23.7 Å². The van der Waals surface area contributed by atoms with Gasteiger partial charge in [0.1, 0.15) is 22.9 Å². The predicted octanol–water partition coefficient (Wildman–Crippen LogP) is 1.96. The van der Waals surface area contributed by atoms with E-state index >= 15 is 0 Å². The predicted molar refractivity (Wildman–Crippen MR) is 78.0 cm³/mol. The van der Waals surface area contributed by atoms with E-state index in [1.54, 1.807) is 0 Å². The highest BCUT2D eigenvalue weighted by atomic mass is 19.1. The molecule has 22 heavy (non-hydrogen) atoms. The minimum atomic E-state index is -0.902. The molecule has 0 saturated heterocycles. The SMILES string of the molecule is CC(C)CNCc1nn(-c2ccc(F)cc2F)c(=O)cc1O. The Kier molecular flexibility index (Phi) is 4.87. The van der Waals surface area contributed by atoms with Crippen LogP contribution in [0.25, 0.3) is 5.69 Å². The second-order valence-corrected chi connectivity index (χ2v) is 5.35. The van der Waals surface area contributed by atoms with Gasteiger partial charge in [0.2, 0.25) is 0 Å². The molecule has 5 nitrogen and oxygen atoms in total. The molecule has 0 aliphatic heterocycles. The first kappa shape index (κ1) is 16.1. The molecule has 0 bridgehead atoms. The van der Waals surface area contributed by atoms with Crippen molar-refractivity contribution in [3.8, 4) is 11.4 Å².